The summed E-state index contributed by atoms with van der Waals surface area (Å²) in [5.41, 5.74) is 3.10. The molecule has 20 heavy (non-hydrogen) atoms. The lowest BCUT2D eigenvalue weighted by atomic mass is 10.1. The lowest BCUT2D eigenvalue weighted by molar-refractivity contribution is -0.119. The molecule has 1 aromatic heterocycles. The molecule has 0 saturated carbocycles. The van der Waals surface area contributed by atoms with Crippen LogP contribution in [0.25, 0.3) is 0 Å². The number of nitrogens with zero attached hydrogens (tertiary/aromatic N) is 1. The van der Waals surface area contributed by atoms with E-state index >= 15 is 0 Å². The van der Waals surface area contributed by atoms with E-state index in [2.05, 4.69) is 27.9 Å². The second-order valence-corrected chi connectivity index (χ2v) is 5.77. The Morgan fingerprint density at radius 2 is 2.05 bits per heavy atom. The predicted octanol–water partition coefficient (Wildman–Crippen LogP) is 2.91. The molecule has 1 amide bonds. The number of benzene rings is 1. The number of nitrogens with one attached hydrogen (secondary N) is 2. The predicted molar refractivity (Wildman–Crippen MR) is 83.1 cm³/mol. The Morgan fingerprint density at radius 3 is 2.60 bits per heavy atom. The van der Waals surface area contributed by atoms with Crippen LogP contribution in [0, 0.1) is 6.92 Å². The van der Waals surface area contributed by atoms with Crippen molar-refractivity contribution in [3.05, 3.63) is 45.9 Å². The van der Waals surface area contributed by atoms with Crippen molar-refractivity contribution in [1.82, 2.24) is 10.3 Å². The van der Waals surface area contributed by atoms with Gasteiger partial charge in [-0.2, -0.15) is 0 Å². The van der Waals surface area contributed by atoms with E-state index in [1.807, 2.05) is 31.2 Å². The Morgan fingerprint density at radius 1 is 1.35 bits per heavy atom. The van der Waals surface area contributed by atoms with Crippen molar-refractivity contribution in [3.8, 4) is 0 Å². The van der Waals surface area contributed by atoms with Crippen molar-refractivity contribution < 1.29 is 4.79 Å². The van der Waals surface area contributed by atoms with E-state index in [1.54, 1.807) is 18.4 Å². The normalized spacial score (nSPS) is 11.9. The van der Waals surface area contributed by atoms with Crippen LogP contribution in [0.4, 0.5) is 5.69 Å². The van der Waals surface area contributed by atoms with Gasteiger partial charge in [-0.1, -0.05) is 12.1 Å². The van der Waals surface area contributed by atoms with Crippen LogP contribution >= 0.6 is 11.3 Å². The standard InChI is InChI=1S/C15H19N3OS/c1-10(14-9-20-11(2)18-14)17-13-6-4-12(5-7-13)8-15(19)16-3/h4-7,9-10,17H,8H2,1-3H3,(H,16,19). The van der Waals surface area contributed by atoms with Crippen molar-refractivity contribution in [2.75, 3.05) is 12.4 Å². The summed E-state index contributed by atoms with van der Waals surface area (Å²) >= 11 is 1.66. The lowest BCUT2D eigenvalue weighted by Crippen LogP contribution is -2.19. The minimum Gasteiger partial charge on any atom is -0.377 e. The minimum atomic E-state index is 0.0250. The highest BCUT2D eigenvalue weighted by atomic mass is 32.1. The molecule has 0 radical (unpaired) electrons. The number of aryl methyl sites for hydroxylation is 1. The topological polar surface area (TPSA) is 54.0 Å². The first kappa shape index (κ1) is 14.5. The van der Waals surface area contributed by atoms with E-state index < -0.39 is 0 Å². The average Bonchev–Trinajstić information content (AvgIpc) is 2.87. The molecule has 1 atom stereocenters. The molecule has 0 fully saturated rings. The van der Waals surface area contributed by atoms with Gasteiger partial charge < -0.3 is 10.6 Å². The quantitative estimate of drug-likeness (QED) is 0.890. The Hall–Kier alpha value is -1.88. The van der Waals surface area contributed by atoms with Crippen LogP contribution in [-0.2, 0) is 11.2 Å². The van der Waals surface area contributed by atoms with Crippen molar-refractivity contribution in [2.24, 2.45) is 0 Å². The zero-order valence-corrected chi connectivity index (χ0v) is 12.8. The molecular formula is C15H19N3OS. The number of rotatable bonds is 5. The van der Waals surface area contributed by atoms with Crippen LogP contribution in [0.1, 0.15) is 29.2 Å². The van der Waals surface area contributed by atoms with Gasteiger partial charge in [0.05, 0.1) is 23.2 Å². The van der Waals surface area contributed by atoms with Crippen molar-refractivity contribution in [3.63, 3.8) is 0 Å². The molecule has 4 nitrogen and oxygen atoms in total. The molecule has 0 aliphatic carbocycles. The molecule has 0 aliphatic heterocycles. The molecular weight excluding hydrogens is 270 g/mol. The molecule has 5 heteroatoms. The second-order valence-electron chi connectivity index (χ2n) is 4.70. The van der Waals surface area contributed by atoms with Gasteiger partial charge in [0.15, 0.2) is 0 Å². The number of thiazole rings is 1. The zero-order chi connectivity index (χ0) is 14.5. The third-order valence-corrected chi connectivity index (χ3v) is 3.85. The highest BCUT2D eigenvalue weighted by molar-refractivity contribution is 7.09. The van der Waals surface area contributed by atoms with Crippen LogP contribution in [0.2, 0.25) is 0 Å². The van der Waals surface area contributed by atoms with Crippen LogP contribution in [0.5, 0.6) is 0 Å². The van der Waals surface area contributed by atoms with E-state index in [0.717, 1.165) is 22.0 Å². The van der Waals surface area contributed by atoms with Crippen LogP contribution in [-0.4, -0.2) is 17.9 Å². The smallest absolute Gasteiger partial charge is 0.224 e. The molecule has 0 aliphatic rings. The summed E-state index contributed by atoms with van der Waals surface area (Å²) in [5, 5.41) is 9.19. The fraction of sp³-hybridized carbons (Fsp3) is 0.333. The molecule has 1 unspecified atom stereocenters. The fourth-order valence-corrected chi connectivity index (χ4v) is 2.60. The van der Waals surface area contributed by atoms with Gasteiger partial charge >= 0.3 is 0 Å². The number of carbonyl (C=O) groups excluding carboxylic acids is 1. The summed E-state index contributed by atoms with van der Waals surface area (Å²) in [6.45, 7) is 4.10. The second kappa shape index (κ2) is 6.52. The first-order valence-corrected chi connectivity index (χ1v) is 7.44. The van der Waals surface area contributed by atoms with E-state index in [9.17, 15) is 4.79 Å². The first-order chi connectivity index (χ1) is 9.58. The summed E-state index contributed by atoms with van der Waals surface area (Å²) in [5.74, 6) is 0.0250. The van der Waals surface area contributed by atoms with Gasteiger partial charge in [-0.3, -0.25) is 4.79 Å². The largest absolute Gasteiger partial charge is 0.377 e. The van der Waals surface area contributed by atoms with Crippen LogP contribution in [0.3, 0.4) is 0 Å². The number of hydrogen-bond donors (Lipinski definition) is 2. The minimum absolute atomic E-state index is 0.0250. The maximum Gasteiger partial charge on any atom is 0.224 e. The number of hydrogen-bond acceptors (Lipinski definition) is 4. The first-order valence-electron chi connectivity index (χ1n) is 6.56. The maximum atomic E-state index is 11.3. The van der Waals surface area contributed by atoms with E-state index in [0.29, 0.717) is 6.42 Å². The Kier molecular flexibility index (Phi) is 4.74. The van der Waals surface area contributed by atoms with Crippen molar-refractivity contribution in [1.29, 1.82) is 0 Å². The third kappa shape index (κ3) is 3.81. The van der Waals surface area contributed by atoms with Crippen molar-refractivity contribution in [2.45, 2.75) is 26.3 Å². The number of anilines is 1. The van der Waals surface area contributed by atoms with Gasteiger partial charge in [0.1, 0.15) is 0 Å². The lowest BCUT2D eigenvalue weighted by Gasteiger charge is -2.13. The monoisotopic (exact) mass is 289 g/mol. The van der Waals surface area contributed by atoms with E-state index in [4.69, 9.17) is 0 Å². The molecule has 1 aromatic carbocycles. The summed E-state index contributed by atoms with van der Waals surface area (Å²) in [6.07, 6.45) is 0.414. The molecule has 2 N–H and O–H groups in total. The molecule has 2 aromatic rings. The highest BCUT2D eigenvalue weighted by Gasteiger charge is 2.08. The number of carbonyl (C=O) groups is 1. The molecule has 106 valence electrons. The Bertz CT molecular complexity index is 577. The van der Waals surface area contributed by atoms with Crippen LogP contribution in [0.15, 0.2) is 29.6 Å². The van der Waals surface area contributed by atoms with Gasteiger partial charge in [-0.05, 0) is 31.5 Å². The summed E-state index contributed by atoms with van der Waals surface area (Å²) < 4.78 is 0. The van der Waals surface area contributed by atoms with Gasteiger partial charge in [0, 0.05) is 18.1 Å². The molecule has 2 rings (SSSR count). The van der Waals surface area contributed by atoms with Crippen LogP contribution < -0.4 is 10.6 Å². The summed E-state index contributed by atoms with van der Waals surface area (Å²) in [6, 6.07) is 8.10. The summed E-state index contributed by atoms with van der Waals surface area (Å²) in [7, 11) is 1.65. The SMILES string of the molecule is CNC(=O)Cc1ccc(NC(C)c2csc(C)n2)cc1. The molecule has 1 heterocycles. The molecule has 0 bridgehead atoms. The zero-order valence-electron chi connectivity index (χ0n) is 11.9. The summed E-state index contributed by atoms with van der Waals surface area (Å²) in [4.78, 5) is 15.8. The van der Waals surface area contributed by atoms with Crippen molar-refractivity contribution >= 4 is 22.9 Å². The van der Waals surface area contributed by atoms with Gasteiger partial charge in [-0.15, -0.1) is 11.3 Å². The Balaban J connectivity index is 1.98. The highest BCUT2D eigenvalue weighted by Crippen LogP contribution is 2.21. The molecule has 0 saturated heterocycles. The van der Waals surface area contributed by atoms with E-state index in [1.165, 1.54) is 0 Å². The van der Waals surface area contributed by atoms with Gasteiger partial charge in [0.25, 0.3) is 0 Å². The third-order valence-electron chi connectivity index (χ3n) is 3.06. The Labute approximate surface area is 123 Å². The van der Waals surface area contributed by atoms with Gasteiger partial charge in [0.2, 0.25) is 5.91 Å². The average molecular weight is 289 g/mol. The maximum absolute atomic E-state index is 11.3. The number of aromatic nitrogens is 1. The number of likely N-dealkylation sites (N-methyl/N-ethyl adjacent to an activating group) is 1. The fourth-order valence-electron chi connectivity index (χ4n) is 1.90. The number of amides is 1. The molecule has 0 spiro atoms. The van der Waals surface area contributed by atoms with E-state index in [-0.39, 0.29) is 11.9 Å². The van der Waals surface area contributed by atoms with Gasteiger partial charge in [-0.25, -0.2) is 4.98 Å².